The number of nitrogens with one attached hydrogen (secondary N) is 1. The number of piperidine rings is 1. The Morgan fingerprint density at radius 1 is 1.23 bits per heavy atom. The number of hydrogen-bond donors (Lipinski definition) is 2. The summed E-state index contributed by atoms with van der Waals surface area (Å²) >= 11 is 0. The lowest BCUT2D eigenvalue weighted by molar-refractivity contribution is -0.136. The van der Waals surface area contributed by atoms with Crippen LogP contribution in [0.15, 0.2) is 24.3 Å². The minimum Gasteiger partial charge on any atom is -0.491 e. The highest BCUT2D eigenvalue weighted by atomic mass is 16.5. The van der Waals surface area contributed by atoms with Gasteiger partial charge in [0.05, 0.1) is 0 Å². The van der Waals surface area contributed by atoms with Crippen molar-refractivity contribution in [3.05, 3.63) is 29.8 Å². The van der Waals surface area contributed by atoms with Gasteiger partial charge >= 0.3 is 0 Å². The Bertz CT molecular complexity index is 636. The van der Waals surface area contributed by atoms with Crippen LogP contribution in [0.3, 0.4) is 0 Å². The van der Waals surface area contributed by atoms with Crippen molar-refractivity contribution in [1.29, 1.82) is 0 Å². The largest absolute Gasteiger partial charge is 0.491 e. The van der Waals surface area contributed by atoms with Crippen molar-refractivity contribution in [3.8, 4) is 5.75 Å². The van der Waals surface area contributed by atoms with Gasteiger partial charge in [0.1, 0.15) is 18.5 Å². The van der Waals surface area contributed by atoms with Gasteiger partial charge in [0.2, 0.25) is 11.8 Å². The molecule has 0 spiro atoms. The molecule has 6 nitrogen and oxygen atoms in total. The number of amides is 2. The molecule has 2 N–H and O–H groups in total. The molecule has 1 aliphatic heterocycles. The summed E-state index contributed by atoms with van der Waals surface area (Å²) in [5.41, 5.74) is 1.09. The molecule has 1 unspecified atom stereocenters. The monoisotopic (exact) mass is 360 g/mol. The number of nitrogens with zero attached hydrogens (tertiary/aromatic N) is 1. The molecule has 1 aromatic carbocycles. The summed E-state index contributed by atoms with van der Waals surface area (Å²) in [4.78, 5) is 26.2. The Morgan fingerprint density at radius 3 is 2.62 bits per heavy atom. The van der Waals surface area contributed by atoms with Crippen LogP contribution in [-0.2, 0) is 9.59 Å². The van der Waals surface area contributed by atoms with Crippen LogP contribution in [-0.4, -0.2) is 54.2 Å². The minimum atomic E-state index is -0.754. The second-order valence-electron chi connectivity index (χ2n) is 7.40. The van der Waals surface area contributed by atoms with Crippen molar-refractivity contribution in [3.63, 3.8) is 0 Å². The van der Waals surface area contributed by atoms with E-state index in [1.165, 1.54) is 0 Å². The number of ether oxygens (including phenoxy) is 1. The van der Waals surface area contributed by atoms with Gasteiger partial charge < -0.3 is 20.1 Å². The standard InChI is InChI=1S/C20H28N2O4/c1-14-3-2-4-18(11-14)26-13-17(23)12-21-19(24)15-7-9-22(10-8-15)20(25)16-5-6-16/h2-4,11,15-17,23H,5-10,12-13H2,1H3,(H,21,24). The second kappa shape index (κ2) is 8.54. The summed E-state index contributed by atoms with van der Waals surface area (Å²) in [5.74, 6) is 1.08. The van der Waals surface area contributed by atoms with Crippen molar-refractivity contribution in [2.75, 3.05) is 26.2 Å². The van der Waals surface area contributed by atoms with Crippen LogP contribution < -0.4 is 10.1 Å². The lowest BCUT2D eigenvalue weighted by Crippen LogP contribution is -2.45. The van der Waals surface area contributed by atoms with Crippen molar-refractivity contribution < 1.29 is 19.4 Å². The van der Waals surface area contributed by atoms with Crippen molar-refractivity contribution in [2.45, 2.75) is 38.7 Å². The van der Waals surface area contributed by atoms with Crippen LogP contribution in [0.1, 0.15) is 31.2 Å². The molecule has 0 bridgehead atoms. The van der Waals surface area contributed by atoms with Gasteiger partial charge in [-0.25, -0.2) is 0 Å². The van der Waals surface area contributed by atoms with E-state index in [-0.39, 0.29) is 36.8 Å². The van der Waals surface area contributed by atoms with E-state index < -0.39 is 6.10 Å². The zero-order valence-electron chi connectivity index (χ0n) is 15.3. The summed E-state index contributed by atoms with van der Waals surface area (Å²) in [6, 6.07) is 7.63. The molecule has 0 aromatic heterocycles. The highest BCUT2D eigenvalue weighted by Crippen LogP contribution is 2.32. The lowest BCUT2D eigenvalue weighted by atomic mass is 9.95. The normalized spacial score (nSPS) is 19.1. The minimum absolute atomic E-state index is 0.0434. The molecule has 2 amide bonds. The number of aryl methyl sites for hydroxylation is 1. The van der Waals surface area contributed by atoms with Gasteiger partial charge in [0.25, 0.3) is 0 Å². The zero-order chi connectivity index (χ0) is 18.5. The summed E-state index contributed by atoms with van der Waals surface area (Å²) < 4.78 is 5.55. The summed E-state index contributed by atoms with van der Waals surface area (Å²) in [7, 11) is 0. The second-order valence-corrected chi connectivity index (χ2v) is 7.40. The molecular formula is C20H28N2O4. The molecule has 2 fully saturated rings. The summed E-state index contributed by atoms with van der Waals surface area (Å²) in [5, 5.41) is 12.8. The Labute approximate surface area is 154 Å². The van der Waals surface area contributed by atoms with E-state index in [4.69, 9.17) is 4.74 Å². The number of aliphatic hydroxyl groups is 1. The van der Waals surface area contributed by atoms with E-state index in [9.17, 15) is 14.7 Å². The number of rotatable bonds is 7. The molecule has 1 saturated heterocycles. The first-order valence-corrected chi connectivity index (χ1v) is 9.47. The van der Waals surface area contributed by atoms with Crippen LogP contribution in [0.25, 0.3) is 0 Å². The van der Waals surface area contributed by atoms with E-state index in [2.05, 4.69) is 5.32 Å². The molecule has 1 aliphatic carbocycles. The average Bonchev–Trinajstić information content (AvgIpc) is 3.49. The molecule has 1 heterocycles. The highest BCUT2D eigenvalue weighted by molar-refractivity contribution is 5.82. The number of hydrogen-bond acceptors (Lipinski definition) is 4. The fraction of sp³-hybridized carbons (Fsp3) is 0.600. The van der Waals surface area contributed by atoms with Gasteiger partial charge in [0, 0.05) is 31.5 Å². The molecule has 1 saturated carbocycles. The molecule has 6 heteroatoms. The Kier molecular flexibility index (Phi) is 6.14. The van der Waals surface area contributed by atoms with Gasteiger partial charge in [-0.1, -0.05) is 12.1 Å². The lowest BCUT2D eigenvalue weighted by Gasteiger charge is -2.31. The van der Waals surface area contributed by atoms with Gasteiger partial charge in [-0.3, -0.25) is 9.59 Å². The highest BCUT2D eigenvalue weighted by Gasteiger charge is 2.35. The fourth-order valence-electron chi connectivity index (χ4n) is 3.27. The Hall–Kier alpha value is -2.08. The van der Waals surface area contributed by atoms with Gasteiger partial charge in [0.15, 0.2) is 0 Å². The molecular weight excluding hydrogens is 332 g/mol. The van der Waals surface area contributed by atoms with Crippen LogP contribution in [0, 0.1) is 18.8 Å². The van der Waals surface area contributed by atoms with Crippen LogP contribution in [0.5, 0.6) is 5.75 Å². The van der Waals surface area contributed by atoms with Crippen molar-refractivity contribution in [2.24, 2.45) is 11.8 Å². The maximum absolute atomic E-state index is 12.3. The number of likely N-dealkylation sites (tertiary alicyclic amines) is 1. The van der Waals surface area contributed by atoms with Gasteiger partial charge in [-0.05, 0) is 50.3 Å². The van der Waals surface area contributed by atoms with Crippen molar-refractivity contribution >= 4 is 11.8 Å². The molecule has 1 aromatic rings. The summed E-state index contributed by atoms with van der Waals surface area (Å²) in [6.07, 6.45) is 2.67. The molecule has 26 heavy (non-hydrogen) atoms. The SMILES string of the molecule is Cc1cccc(OCC(O)CNC(=O)C2CCN(C(=O)C3CC3)CC2)c1. The smallest absolute Gasteiger partial charge is 0.225 e. The third-order valence-corrected chi connectivity index (χ3v) is 5.05. The third kappa shape index (κ3) is 5.21. The number of benzene rings is 1. The zero-order valence-corrected chi connectivity index (χ0v) is 15.3. The van der Waals surface area contributed by atoms with Crippen LogP contribution in [0.4, 0.5) is 0 Å². The van der Waals surface area contributed by atoms with E-state index in [1.54, 1.807) is 0 Å². The van der Waals surface area contributed by atoms with Crippen LogP contribution >= 0.6 is 0 Å². The first-order chi connectivity index (χ1) is 12.5. The maximum Gasteiger partial charge on any atom is 0.225 e. The number of carbonyl (C=O) groups is 2. The maximum atomic E-state index is 12.3. The molecule has 2 aliphatic rings. The van der Waals surface area contributed by atoms with E-state index in [0.29, 0.717) is 31.7 Å². The first-order valence-electron chi connectivity index (χ1n) is 9.47. The molecule has 3 rings (SSSR count). The van der Waals surface area contributed by atoms with E-state index in [1.807, 2.05) is 36.1 Å². The predicted octanol–water partition coefficient (Wildman–Crippen LogP) is 1.50. The van der Waals surface area contributed by atoms with Gasteiger partial charge in [-0.2, -0.15) is 0 Å². The van der Waals surface area contributed by atoms with Gasteiger partial charge in [-0.15, -0.1) is 0 Å². The van der Waals surface area contributed by atoms with E-state index in [0.717, 1.165) is 18.4 Å². The molecule has 142 valence electrons. The van der Waals surface area contributed by atoms with E-state index >= 15 is 0 Å². The van der Waals surface area contributed by atoms with Crippen LogP contribution in [0.2, 0.25) is 0 Å². The number of carbonyl (C=O) groups excluding carboxylic acids is 2. The third-order valence-electron chi connectivity index (χ3n) is 5.05. The Morgan fingerprint density at radius 2 is 1.96 bits per heavy atom. The summed E-state index contributed by atoms with van der Waals surface area (Å²) in [6.45, 7) is 3.61. The number of aliphatic hydroxyl groups excluding tert-OH is 1. The molecule has 0 radical (unpaired) electrons. The quantitative estimate of drug-likeness (QED) is 0.772. The Balaban J connectivity index is 1.34. The van der Waals surface area contributed by atoms with Crippen molar-refractivity contribution in [1.82, 2.24) is 10.2 Å². The average molecular weight is 360 g/mol. The fourth-order valence-corrected chi connectivity index (χ4v) is 3.27. The molecule has 1 atom stereocenters. The predicted molar refractivity (Wildman–Crippen MR) is 97.7 cm³/mol. The topological polar surface area (TPSA) is 78.9 Å². The first kappa shape index (κ1) is 18.7.